The Hall–Kier alpha value is -0.910. The fraction of sp³-hybridized carbons (Fsp3) is 0.833. The molecule has 0 heterocycles. The van der Waals surface area contributed by atoms with Gasteiger partial charge in [-0.05, 0) is 18.6 Å². The van der Waals surface area contributed by atoms with Crippen molar-refractivity contribution in [3.8, 4) is 0 Å². The van der Waals surface area contributed by atoms with Crippen molar-refractivity contribution < 1.29 is 14.7 Å². The molecule has 0 radical (unpaired) electrons. The van der Waals surface area contributed by atoms with Crippen molar-refractivity contribution in [2.24, 2.45) is 5.92 Å². The zero-order valence-corrected chi connectivity index (χ0v) is 12.2. The van der Waals surface area contributed by atoms with E-state index < -0.39 is 5.97 Å². The monoisotopic (exact) mass is 276 g/mol. The molecule has 106 valence electrons. The van der Waals surface area contributed by atoms with Crippen LogP contribution >= 0.6 is 11.8 Å². The van der Waals surface area contributed by atoms with E-state index in [1.54, 1.807) is 11.8 Å². The zero-order valence-electron chi connectivity index (χ0n) is 11.4. The first-order valence-corrected chi connectivity index (χ1v) is 7.48. The van der Waals surface area contributed by atoms with Crippen molar-refractivity contribution in [3.63, 3.8) is 0 Å². The fourth-order valence-electron chi connectivity index (χ4n) is 1.46. The molecule has 0 aromatic heterocycles. The van der Waals surface area contributed by atoms with E-state index in [1.165, 1.54) is 0 Å². The molecule has 2 amide bonds. The number of urea groups is 1. The normalized spacial score (nSPS) is 13.7. The molecule has 2 unspecified atom stereocenters. The van der Waals surface area contributed by atoms with Gasteiger partial charge in [0.1, 0.15) is 0 Å². The average Bonchev–Trinajstić information content (AvgIpc) is 2.31. The van der Waals surface area contributed by atoms with Gasteiger partial charge in [0.05, 0.1) is 0 Å². The quantitative estimate of drug-likeness (QED) is 0.601. The van der Waals surface area contributed by atoms with Crippen LogP contribution in [-0.4, -0.2) is 41.2 Å². The van der Waals surface area contributed by atoms with Crippen molar-refractivity contribution in [2.75, 3.05) is 18.1 Å². The van der Waals surface area contributed by atoms with E-state index in [1.807, 2.05) is 13.8 Å². The first-order chi connectivity index (χ1) is 8.49. The summed E-state index contributed by atoms with van der Waals surface area (Å²) in [5.74, 6) is 1.09. The summed E-state index contributed by atoms with van der Waals surface area (Å²) in [6, 6.07) is -0.0995. The molecular formula is C12H24N2O3S. The molecule has 5 nitrogen and oxygen atoms in total. The SMILES string of the molecule is CCSCC(C)NC(=O)NCC(CC)CC(=O)O. The van der Waals surface area contributed by atoms with Crippen molar-refractivity contribution in [3.05, 3.63) is 0 Å². The summed E-state index contributed by atoms with van der Waals surface area (Å²) in [5.41, 5.74) is 0. The number of thioether (sulfide) groups is 1. The van der Waals surface area contributed by atoms with Crippen LogP contribution < -0.4 is 10.6 Å². The number of carboxylic acid groups (broad SMARTS) is 1. The molecule has 0 saturated carbocycles. The van der Waals surface area contributed by atoms with E-state index in [0.29, 0.717) is 6.54 Å². The van der Waals surface area contributed by atoms with Gasteiger partial charge in [0, 0.05) is 24.8 Å². The molecule has 0 aliphatic rings. The summed E-state index contributed by atoms with van der Waals surface area (Å²) in [6.07, 6.45) is 0.839. The number of carbonyl (C=O) groups excluding carboxylic acids is 1. The Labute approximate surface area is 113 Å². The predicted octanol–water partition coefficient (Wildman–Crippen LogP) is 1.93. The average molecular weight is 276 g/mol. The number of carboxylic acids is 1. The summed E-state index contributed by atoms with van der Waals surface area (Å²) in [4.78, 5) is 22.1. The zero-order chi connectivity index (χ0) is 14.0. The Kier molecular flexibility index (Phi) is 9.55. The lowest BCUT2D eigenvalue weighted by Crippen LogP contribution is -2.43. The van der Waals surface area contributed by atoms with Gasteiger partial charge in [0.15, 0.2) is 0 Å². The first-order valence-electron chi connectivity index (χ1n) is 6.33. The van der Waals surface area contributed by atoms with E-state index in [2.05, 4.69) is 17.6 Å². The largest absolute Gasteiger partial charge is 0.481 e. The lowest BCUT2D eigenvalue weighted by atomic mass is 10.0. The fourth-order valence-corrected chi connectivity index (χ4v) is 2.13. The van der Waals surface area contributed by atoms with Crippen LogP contribution in [0.25, 0.3) is 0 Å². The molecule has 0 aromatic carbocycles. The number of aliphatic carboxylic acids is 1. The Morgan fingerprint density at radius 2 is 2.00 bits per heavy atom. The molecule has 0 rings (SSSR count). The van der Waals surface area contributed by atoms with Gasteiger partial charge in [-0.2, -0.15) is 11.8 Å². The summed E-state index contributed by atoms with van der Waals surface area (Å²) in [6.45, 7) is 6.36. The molecule has 6 heteroatoms. The number of hydrogen-bond donors (Lipinski definition) is 3. The van der Waals surface area contributed by atoms with Crippen LogP contribution in [0.5, 0.6) is 0 Å². The molecule has 0 aromatic rings. The third-order valence-electron chi connectivity index (χ3n) is 2.54. The highest BCUT2D eigenvalue weighted by Crippen LogP contribution is 2.06. The minimum Gasteiger partial charge on any atom is -0.481 e. The van der Waals surface area contributed by atoms with Crippen molar-refractivity contribution in [1.82, 2.24) is 10.6 Å². The second-order valence-electron chi connectivity index (χ2n) is 4.29. The van der Waals surface area contributed by atoms with Crippen molar-refractivity contribution >= 4 is 23.8 Å². The molecule has 2 atom stereocenters. The smallest absolute Gasteiger partial charge is 0.315 e. The van der Waals surface area contributed by atoms with Crippen LogP contribution in [0.15, 0.2) is 0 Å². The molecule has 0 aliphatic carbocycles. The third kappa shape index (κ3) is 9.15. The topological polar surface area (TPSA) is 78.4 Å². The van der Waals surface area contributed by atoms with Gasteiger partial charge in [-0.3, -0.25) is 4.79 Å². The van der Waals surface area contributed by atoms with Crippen LogP contribution in [0.3, 0.4) is 0 Å². The van der Waals surface area contributed by atoms with E-state index >= 15 is 0 Å². The predicted molar refractivity (Wildman–Crippen MR) is 75.0 cm³/mol. The van der Waals surface area contributed by atoms with Crippen molar-refractivity contribution in [1.29, 1.82) is 0 Å². The van der Waals surface area contributed by atoms with E-state index in [9.17, 15) is 9.59 Å². The second-order valence-corrected chi connectivity index (χ2v) is 5.61. The van der Waals surface area contributed by atoms with Crippen molar-refractivity contribution in [2.45, 2.75) is 39.7 Å². The molecule has 0 bridgehead atoms. The number of hydrogen-bond acceptors (Lipinski definition) is 3. The maximum atomic E-state index is 11.5. The molecule has 0 fully saturated rings. The number of amides is 2. The van der Waals surface area contributed by atoms with Crippen LogP contribution in [-0.2, 0) is 4.79 Å². The van der Waals surface area contributed by atoms with Gasteiger partial charge >= 0.3 is 12.0 Å². The highest BCUT2D eigenvalue weighted by Gasteiger charge is 2.13. The highest BCUT2D eigenvalue weighted by atomic mass is 32.2. The summed E-state index contributed by atoms with van der Waals surface area (Å²) in [7, 11) is 0. The van der Waals surface area contributed by atoms with E-state index in [-0.39, 0.29) is 24.4 Å². The lowest BCUT2D eigenvalue weighted by molar-refractivity contribution is -0.138. The van der Waals surface area contributed by atoms with Gasteiger partial charge in [-0.15, -0.1) is 0 Å². The molecular weight excluding hydrogens is 252 g/mol. The van der Waals surface area contributed by atoms with Gasteiger partial charge < -0.3 is 15.7 Å². The highest BCUT2D eigenvalue weighted by molar-refractivity contribution is 7.99. The summed E-state index contributed by atoms with van der Waals surface area (Å²) >= 11 is 1.78. The molecule has 0 saturated heterocycles. The van der Waals surface area contributed by atoms with Gasteiger partial charge in [0.2, 0.25) is 0 Å². The minimum absolute atomic E-state index is 0.00595. The Balaban J connectivity index is 3.83. The second kappa shape index (κ2) is 10.1. The minimum atomic E-state index is -0.822. The van der Waals surface area contributed by atoms with Crippen LogP contribution in [0.4, 0.5) is 4.79 Å². The number of rotatable bonds is 9. The van der Waals surface area contributed by atoms with Crippen LogP contribution in [0.1, 0.15) is 33.6 Å². The van der Waals surface area contributed by atoms with Gasteiger partial charge in [0.25, 0.3) is 0 Å². The Bertz CT molecular complexity index is 262. The molecule has 18 heavy (non-hydrogen) atoms. The van der Waals surface area contributed by atoms with Gasteiger partial charge in [-0.25, -0.2) is 4.79 Å². The Morgan fingerprint density at radius 3 is 2.50 bits per heavy atom. The third-order valence-corrected chi connectivity index (χ3v) is 3.69. The summed E-state index contributed by atoms with van der Waals surface area (Å²) < 4.78 is 0. The summed E-state index contributed by atoms with van der Waals surface area (Å²) in [5, 5.41) is 14.2. The van der Waals surface area contributed by atoms with Crippen LogP contribution in [0.2, 0.25) is 0 Å². The Morgan fingerprint density at radius 1 is 1.33 bits per heavy atom. The molecule has 3 N–H and O–H groups in total. The first kappa shape index (κ1) is 17.1. The van der Waals surface area contributed by atoms with Gasteiger partial charge in [-0.1, -0.05) is 20.3 Å². The molecule has 0 spiro atoms. The van der Waals surface area contributed by atoms with Crippen LogP contribution in [0, 0.1) is 5.92 Å². The van der Waals surface area contributed by atoms with E-state index in [0.717, 1.165) is 17.9 Å². The van der Waals surface area contributed by atoms with E-state index in [4.69, 9.17) is 5.11 Å². The maximum absolute atomic E-state index is 11.5. The lowest BCUT2D eigenvalue weighted by Gasteiger charge is -2.17. The molecule has 0 aliphatic heterocycles. The maximum Gasteiger partial charge on any atom is 0.315 e. The standard InChI is InChI=1S/C12H24N2O3S/c1-4-10(6-11(15)16)7-13-12(17)14-9(3)8-18-5-2/h9-10H,4-8H2,1-3H3,(H,15,16)(H2,13,14,17). The number of carbonyl (C=O) groups is 2. The number of nitrogens with one attached hydrogen (secondary N) is 2.